The number of aromatic nitrogens is 2. The Bertz CT molecular complexity index is 782. The Morgan fingerprint density at radius 3 is 2.70 bits per heavy atom. The first-order valence-corrected chi connectivity index (χ1v) is 8.02. The molecule has 2 aromatic heterocycles. The molecule has 2 heterocycles. The number of nitrogens with zero attached hydrogens (tertiary/aromatic N) is 2. The Kier molecular flexibility index (Phi) is 3.77. The first kappa shape index (κ1) is 13.9. The van der Waals surface area contributed by atoms with E-state index in [4.69, 9.17) is 28.9 Å². The van der Waals surface area contributed by atoms with E-state index in [0.717, 1.165) is 20.7 Å². The minimum absolute atomic E-state index is 0.527. The van der Waals surface area contributed by atoms with E-state index in [-0.39, 0.29) is 0 Å². The summed E-state index contributed by atoms with van der Waals surface area (Å²) in [5.41, 5.74) is 8.12. The van der Waals surface area contributed by atoms with Gasteiger partial charge in [0.15, 0.2) is 0 Å². The maximum atomic E-state index is 6.18. The maximum absolute atomic E-state index is 6.18. The van der Waals surface area contributed by atoms with Crippen LogP contribution in [0, 0.1) is 0 Å². The highest BCUT2D eigenvalue weighted by atomic mass is 79.9. The quantitative estimate of drug-likeness (QED) is 0.651. The van der Waals surface area contributed by atoms with Crippen LogP contribution in [0.5, 0.6) is 0 Å². The largest absolute Gasteiger partial charge is 0.396 e. The van der Waals surface area contributed by atoms with E-state index in [9.17, 15) is 0 Å². The lowest BCUT2D eigenvalue weighted by Crippen LogP contribution is -1.95. The van der Waals surface area contributed by atoms with Crippen LogP contribution in [0.15, 0.2) is 40.3 Å². The van der Waals surface area contributed by atoms with E-state index >= 15 is 0 Å². The zero-order valence-electron chi connectivity index (χ0n) is 9.98. The van der Waals surface area contributed by atoms with Crippen LogP contribution in [0.1, 0.15) is 0 Å². The summed E-state index contributed by atoms with van der Waals surface area (Å²) in [5, 5.41) is 7.61. The number of benzene rings is 1. The molecule has 0 aliphatic rings. The van der Waals surface area contributed by atoms with Crippen molar-refractivity contribution in [2.45, 2.75) is 0 Å². The average Bonchev–Trinajstić information content (AvgIpc) is 2.95. The highest BCUT2D eigenvalue weighted by Crippen LogP contribution is 2.34. The molecule has 2 N–H and O–H groups in total. The fourth-order valence-electron chi connectivity index (χ4n) is 1.81. The van der Waals surface area contributed by atoms with Crippen LogP contribution in [0.4, 0.5) is 5.69 Å². The van der Waals surface area contributed by atoms with Gasteiger partial charge in [-0.3, -0.25) is 0 Å². The molecule has 3 rings (SSSR count). The Morgan fingerprint density at radius 1 is 1.25 bits per heavy atom. The Balaban J connectivity index is 2.08. The third-order valence-corrected chi connectivity index (χ3v) is 4.94. The molecule has 0 amide bonds. The molecular weight excluding hydrogens is 381 g/mol. The second kappa shape index (κ2) is 5.41. The Morgan fingerprint density at radius 2 is 2.05 bits per heavy atom. The average molecular weight is 389 g/mol. The minimum atomic E-state index is 0.527. The lowest BCUT2D eigenvalue weighted by molar-refractivity contribution is 0.885. The second-order valence-corrected chi connectivity index (χ2v) is 6.77. The summed E-state index contributed by atoms with van der Waals surface area (Å²) in [6.45, 7) is 0. The van der Waals surface area contributed by atoms with Crippen molar-refractivity contribution in [2.75, 3.05) is 5.73 Å². The molecule has 0 spiro atoms. The zero-order valence-corrected chi connectivity index (χ0v) is 13.9. The van der Waals surface area contributed by atoms with Gasteiger partial charge in [0.05, 0.1) is 27.5 Å². The van der Waals surface area contributed by atoms with Crippen LogP contribution in [-0.2, 0) is 0 Å². The molecule has 1 aromatic carbocycles. The summed E-state index contributed by atoms with van der Waals surface area (Å²) in [7, 11) is 0. The first-order chi connectivity index (χ1) is 9.54. The van der Waals surface area contributed by atoms with Gasteiger partial charge >= 0.3 is 0 Å². The van der Waals surface area contributed by atoms with Crippen LogP contribution < -0.4 is 5.73 Å². The van der Waals surface area contributed by atoms with Gasteiger partial charge in [-0.25, -0.2) is 4.68 Å². The number of hydrogen-bond donors (Lipinski definition) is 1. The molecule has 7 heteroatoms. The van der Waals surface area contributed by atoms with Crippen molar-refractivity contribution in [3.05, 3.63) is 50.4 Å². The van der Waals surface area contributed by atoms with E-state index in [1.165, 1.54) is 0 Å². The Hall–Kier alpha value is -1.01. The van der Waals surface area contributed by atoms with Crippen LogP contribution in [-0.4, -0.2) is 9.78 Å². The SMILES string of the molecule is Nc1cn(-c2ccc(Cl)cc2Cl)nc1-c1cc(Br)cs1. The Labute approximate surface area is 138 Å². The number of nitrogens with two attached hydrogens (primary N) is 1. The van der Waals surface area contributed by atoms with Crippen molar-refractivity contribution in [1.29, 1.82) is 0 Å². The number of rotatable bonds is 2. The number of hydrogen-bond acceptors (Lipinski definition) is 3. The number of anilines is 1. The summed E-state index contributed by atoms with van der Waals surface area (Å²) in [6.07, 6.45) is 1.75. The van der Waals surface area contributed by atoms with Gasteiger partial charge in [-0.05, 0) is 40.2 Å². The zero-order chi connectivity index (χ0) is 14.3. The van der Waals surface area contributed by atoms with Gasteiger partial charge in [-0.2, -0.15) is 5.10 Å². The van der Waals surface area contributed by atoms with Gasteiger partial charge in [0.25, 0.3) is 0 Å². The number of thiophene rings is 1. The topological polar surface area (TPSA) is 43.8 Å². The summed E-state index contributed by atoms with van der Waals surface area (Å²) >= 11 is 17.1. The van der Waals surface area contributed by atoms with Crippen LogP contribution in [0.25, 0.3) is 16.3 Å². The molecule has 102 valence electrons. The molecule has 0 bridgehead atoms. The molecule has 3 nitrogen and oxygen atoms in total. The lowest BCUT2D eigenvalue weighted by Gasteiger charge is -2.03. The van der Waals surface area contributed by atoms with Crippen LogP contribution in [0.3, 0.4) is 0 Å². The van der Waals surface area contributed by atoms with Crippen LogP contribution in [0.2, 0.25) is 10.0 Å². The lowest BCUT2D eigenvalue weighted by atomic mass is 10.3. The monoisotopic (exact) mass is 387 g/mol. The smallest absolute Gasteiger partial charge is 0.126 e. The predicted molar refractivity (Wildman–Crippen MR) is 89.0 cm³/mol. The van der Waals surface area contributed by atoms with Gasteiger partial charge < -0.3 is 5.73 Å². The molecule has 0 radical (unpaired) electrons. The fraction of sp³-hybridized carbons (Fsp3) is 0. The van der Waals surface area contributed by atoms with Gasteiger partial charge in [0, 0.05) is 14.9 Å². The van der Waals surface area contributed by atoms with Crippen molar-refractivity contribution in [3.8, 4) is 16.3 Å². The normalized spacial score (nSPS) is 10.9. The predicted octanol–water partition coefficient (Wildman–Crippen LogP) is 5.25. The summed E-state index contributed by atoms with van der Waals surface area (Å²) in [4.78, 5) is 0.998. The van der Waals surface area contributed by atoms with E-state index in [1.807, 2.05) is 17.5 Å². The molecule has 0 fully saturated rings. The van der Waals surface area contributed by atoms with Gasteiger partial charge in [0.2, 0.25) is 0 Å². The van der Waals surface area contributed by atoms with Crippen molar-refractivity contribution in [2.24, 2.45) is 0 Å². The van der Waals surface area contributed by atoms with E-state index in [1.54, 1.807) is 34.3 Å². The minimum Gasteiger partial charge on any atom is -0.396 e. The molecule has 3 aromatic rings. The molecule has 0 aliphatic heterocycles. The molecule has 0 unspecified atom stereocenters. The van der Waals surface area contributed by atoms with Crippen molar-refractivity contribution in [1.82, 2.24) is 9.78 Å². The van der Waals surface area contributed by atoms with E-state index < -0.39 is 0 Å². The highest BCUT2D eigenvalue weighted by Gasteiger charge is 2.13. The first-order valence-electron chi connectivity index (χ1n) is 5.59. The fourth-order valence-corrected chi connectivity index (χ4v) is 3.74. The molecule has 0 atom stereocenters. The standard InChI is InChI=1S/C13H8BrCl2N3S/c14-7-3-12(20-6-7)13-10(17)5-19(18-13)11-2-1-8(15)4-9(11)16/h1-6H,17H2. The molecular formula is C13H8BrCl2N3S. The maximum Gasteiger partial charge on any atom is 0.126 e. The summed E-state index contributed by atoms with van der Waals surface area (Å²) < 4.78 is 2.67. The van der Waals surface area contributed by atoms with E-state index in [2.05, 4.69) is 21.0 Å². The van der Waals surface area contributed by atoms with Gasteiger partial charge in [0.1, 0.15) is 5.69 Å². The molecule has 0 saturated carbocycles. The van der Waals surface area contributed by atoms with Crippen LogP contribution >= 0.6 is 50.5 Å². The molecule has 0 aliphatic carbocycles. The van der Waals surface area contributed by atoms with Gasteiger partial charge in [-0.1, -0.05) is 23.2 Å². The van der Waals surface area contributed by atoms with E-state index in [0.29, 0.717) is 15.7 Å². The van der Waals surface area contributed by atoms with Crippen molar-refractivity contribution in [3.63, 3.8) is 0 Å². The third-order valence-electron chi connectivity index (χ3n) is 2.70. The number of halogens is 3. The second-order valence-electron chi connectivity index (χ2n) is 4.10. The van der Waals surface area contributed by atoms with Gasteiger partial charge in [-0.15, -0.1) is 11.3 Å². The summed E-state index contributed by atoms with van der Waals surface area (Å²) in [6, 6.07) is 7.24. The third kappa shape index (κ3) is 2.59. The molecule has 20 heavy (non-hydrogen) atoms. The summed E-state index contributed by atoms with van der Waals surface area (Å²) in [5.74, 6) is 0. The van der Waals surface area contributed by atoms with Crippen molar-refractivity contribution >= 4 is 56.2 Å². The highest BCUT2D eigenvalue weighted by molar-refractivity contribution is 9.10. The van der Waals surface area contributed by atoms with Crippen molar-refractivity contribution < 1.29 is 0 Å². The number of nitrogen functional groups attached to an aromatic ring is 1. The molecule has 0 saturated heterocycles.